The summed E-state index contributed by atoms with van der Waals surface area (Å²) in [6.07, 6.45) is 0. The molecular weight excluding hydrogens is 288 g/mol. The molecule has 1 aliphatic heterocycles. The van der Waals surface area contributed by atoms with Crippen LogP contribution in [0.1, 0.15) is 5.69 Å². The lowest BCUT2D eigenvalue weighted by Crippen LogP contribution is -1.97. The second-order valence-electron chi connectivity index (χ2n) is 3.70. The molecule has 2 heterocycles. The van der Waals surface area contributed by atoms with Crippen molar-refractivity contribution in [1.82, 2.24) is 9.97 Å². The maximum atomic E-state index is 5.88. The van der Waals surface area contributed by atoms with Crippen molar-refractivity contribution >= 4 is 43.8 Å². The highest BCUT2D eigenvalue weighted by Crippen LogP contribution is 2.43. The van der Waals surface area contributed by atoms with Crippen molar-refractivity contribution in [3.05, 3.63) is 35.0 Å². The number of halogens is 1. The minimum atomic E-state index is -0.289. The molecule has 2 N–H and O–H groups in total. The van der Waals surface area contributed by atoms with Crippen LogP contribution in [-0.2, 0) is 9.72 Å². The van der Waals surface area contributed by atoms with Crippen molar-refractivity contribution < 1.29 is 0 Å². The van der Waals surface area contributed by atoms with Gasteiger partial charge in [-0.2, -0.15) is 0 Å². The number of aromatic nitrogens is 2. The Kier molecular flexibility index (Phi) is 3.01. The monoisotopic (exact) mass is 296 g/mol. The van der Waals surface area contributed by atoms with E-state index in [2.05, 4.69) is 14.3 Å². The van der Waals surface area contributed by atoms with E-state index in [0.717, 1.165) is 26.3 Å². The van der Waals surface area contributed by atoms with Crippen LogP contribution in [0.2, 0.25) is 5.02 Å². The summed E-state index contributed by atoms with van der Waals surface area (Å²) in [6, 6.07) is 7.71. The van der Waals surface area contributed by atoms with Gasteiger partial charge in [-0.1, -0.05) is 11.6 Å². The molecule has 0 radical (unpaired) electrons. The molecule has 18 heavy (non-hydrogen) atoms. The van der Waals surface area contributed by atoms with E-state index in [1.165, 1.54) is 0 Å². The molecule has 4 nitrogen and oxygen atoms in total. The van der Waals surface area contributed by atoms with Gasteiger partial charge in [-0.25, -0.2) is 14.3 Å². The fourth-order valence-corrected chi connectivity index (χ4v) is 5.04. The molecule has 7 heteroatoms. The zero-order valence-corrected chi connectivity index (χ0v) is 11.8. The first kappa shape index (κ1) is 12.0. The number of nitrogens with zero attached hydrogens (tertiary/aromatic N) is 3. The van der Waals surface area contributed by atoms with Gasteiger partial charge in [0.05, 0.1) is 5.69 Å². The Bertz CT molecular complexity index is 655. The fourth-order valence-electron chi connectivity index (χ4n) is 1.55. The van der Waals surface area contributed by atoms with Crippen LogP contribution in [0.15, 0.2) is 38.5 Å². The number of nitrogen functional groups attached to an aromatic ring is 1. The number of fused-ring (bicyclic) bond motifs is 1. The summed E-state index contributed by atoms with van der Waals surface area (Å²) in [5.74, 6) is 0.301. The maximum absolute atomic E-state index is 5.88. The van der Waals surface area contributed by atoms with Crippen LogP contribution in [-0.4, -0.2) is 9.97 Å². The lowest BCUT2D eigenvalue weighted by atomic mass is 10.4. The third kappa shape index (κ3) is 2.11. The Morgan fingerprint density at radius 2 is 1.94 bits per heavy atom. The molecule has 3 rings (SSSR count). The Hall–Kier alpha value is -1.11. The highest BCUT2D eigenvalue weighted by atomic mass is 35.5. The smallest absolute Gasteiger partial charge is 0.221 e. The van der Waals surface area contributed by atoms with Crippen molar-refractivity contribution in [3.8, 4) is 0 Å². The molecule has 1 unspecified atom stereocenters. The number of nitrogens with two attached hydrogens (primary N) is 1. The first-order valence-corrected chi connectivity index (χ1v) is 8.07. The molecular formula is C11H9ClN4S2. The third-order valence-electron chi connectivity index (χ3n) is 2.39. The SMILES string of the molecule is Cc1nc(N)nc2c1N=S(c1ccc(Cl)cc1)S2. The van der Waals surface area contributed by atoms with Crippen molar-refractivity contribution in [2.24, 2.45) is 4.36 Å². The van der Waals surface area contributed by atoms with Gasteiger partial charge in [-0.05, 0) is 42.0 Å². The number of hydrogen-bond acceptors (Lipinski definition) is 5. The third-order valence-corrected chi connectivity index (χ3v) is 6.02. The Balaban J connectivity index is 2.02. The van der Waals surface area contributed by atoms with E-state index in [-0.39, 0.29) is 9.72 Å². The highest BCUT2D eigenvalue weighted by Gasteiger charge is 2.21. The minimum absolute atomic E-state index is 0.289. The normalized spacial score (nSPS) is 17.3. The average molecular weight is 297 g/mol. The molecule has 0 spiro atoms. The Morgan fingerprint density at radius 1 is 1.22 bits per heavy atom. The number of aryl methyl sites for hydroxylation is 1. The molecule has 0 amide bonds. The summed E-state index contributed by atoms with van der Waals surface area (Å²) in [5.41, 5.74) is 7.33. The summed E-state index contributed by atoms with van der Waals surface area (Å²) in [6.45, 7) is 1.90. The molecule has 0 saturated heterocycles. The van der Waals surface area contributed by atoms with Gasteiger partial charge < -0.3 is 5.73 Å². The largest absolute Gasteiger partial charge is 0.368 e. The van der Waals surface area contributed by atoms with Crippen LogP contribution in [0.25, 0.3) is 0 Å². The average Bonchev–Trinajstić information content (AvgIpc) is 2.74. The zero-order chi connectivity index (χ0) is 12.7. The first-order chi connectivity index (χ1) is 8.63. The second-order valence-corrected chi connectivity index (χ2v) is 7.29. The van der Waals surface area contributed by atoms with Crippen LogP contribution in [0.4, 0.5) is 11.6 Å². The lowest BCUT2D eigenvalue weighted by molar-refractivity contribution is 1.03. The molecule has 1 aliphatic rings. The topological polar surface area (TPSA) is 64.2 Å². The summed E-state index contributed by atoms with van der Waals surface area (Å²) in [7, 11) is 1.32. The molecule has 0 bridgehead atoms. The van der Waals surface area contributed by atoms with E-state index in [0.29, 0.717) is 5.95 Å². The number of benzene rings is 1. The first-order valence-electron chi connectivity index (χ1n) is 5.17. The van der Waals surface area contributed by atoms with Crippen LogP contribution in [0, 0.1) is 6.92 Å². The minimum Gasteiger partial charge on any atom is -0.368 e. The van der Waals surface area contributed by atoms with Crippen molar-refractivity contribution in [2.45, 2.75) is 16.8 Å². The summed E-state index contributed by atoms with van der Waals surface area (Å²) in [4.78, 5) is 9.48. The van der Waals surface area contributed by atoms with Gasteiger partial charge in [0.2, 0.25) is 5.95 Å². The van der Waals surface area contributed by atoms with Crippen LogP contribution in [0.3, 0.4) is 0 Å². The predicted molar refractivity (Wildman–Crippen MR) is 76.2 cm³/mol. The molecule has 1 atom stereocenters. The van der Waals surface area contributed by atoms with E-state index in [1.54, 1.807) is 10.8 Å². The summed E-state index contributed by atoms with van der Waals surface area (Å²) < 4.78 is 4.66. The fraction of sp³-hybridized carbons (Fsp3) is 0.0909. The van der Waals surface area contributed by atoms with E-state index in [1.807, 2.05) is 31.2 Å². The number of anilines is 1. The van der Waals surface area contributed by atoms with Crippen LogP contribution in [0.5, 0.6) is 0 Å². The van der Waals surface area contributed by atoms with Crippen molar-refractivity contribution in [2.75, 3.05) is 5.73 Å². The van der Waals surface area contributed by atoms with E-state index in [9.17, 15) is 0 Å². The van der Waals surface area contributed by atoms with E-state index in [4.69, 9.17) is 17.3 Å². The van der Waals surface area contributed by atoms with Gasteiger partial charge in [0.15, 0.2) is 0 Å². The highest BCUT2D eigenvalue weighted by molar-refractivity contribution is 8.70. The maximum Gasteiger partial charge on any atom is 0.221 e. The Labute approximate surface area is 115 Å². The molecule has 0 fully saturated rings. The standard InChI is InChI=1S/C11H9ClN4S2/c1-6-9-10(15-11(13)14-6)17-18(16-9)8-4-2-7(12)3-5-8/h2-5H,1H3,(H2,13,14,15). The molecule has 0 aliphatic carbocycles. The summed E-state index contributed by atoms with van der Waals surface area (Å²) in [5, 5.41) is 1.59. The van der Waals surface area contributed by atoms with Gasteiger partial charge >= 0.3 is 0 Å². The van der Waals surface area contributed by atoms with E-state index >= 15 is 0 Å². The molecule has 92 valence electrons. The number of hydrogen-bond donors (Lipinski definition) is 1. The zero-order valence-electron chi connectivity index (χ0n) is 9.42. The van der Waals surface area contributed by atoms with Gasteiger partial charge in [0.1, 0.15) is 10.7 Å². The van der Waals surface area contributed by atoms with Gasteiger partial charge in [-0.15, -0.1) is 0 Å². The van der Waals surface area contributed by atoms with Crippen LogP contribution >= 0.6 is 22.4 Å². The predicted octanol–water partition coefficient (Wildman–Crippen LogP) is 3.53. The van der Waals surface area contributed by atoms with Gasteiger partial charge in [0, 0.05) is 19.6 Å². The number of rotatable bonds is 1. The van der Waals surface area contributed by atoms with Gasteiger partial charge in [-0.3, -0.25) is 0 Å². The summed E-state index contributed by atoms with van der Waals surface area (Å²) >= 11 is 5.88. The second kappa shape index (κ2) is 4.53. The molecule has 2 aromatic rings. The van der Waals surface area contributed by atoms with Crippen molar-refractivity contribution in [3.63, 3.8) is 0 Å². The van der Waals surface area contributed by atoms with Gasteiger partial charge in [0.25, 0.3) is 0 Å². The molecule has 1 aromatic heterocycles. The quantitative estimate of drug-likeness (QED) is 0.646. The Morgan fingerprint density at radius 3 is 2.67 bits per heavy atom. The van der Waals surface area contributed by atoms with Crippen LogP contribution < -0.4 is 5.73 Å². The van der Waals surface area contributed by atoms with Crippen molar-refractivity contribution in [1.29, 1.82) is 0 Å². The molecule has 1 aromatic carbocycles. The molecule has 0 saturated carbocycles. The van der Waals surface area contributed by atoms with E-state index < -0.39 is 0 Å². The lowest BCUT2D eigenvalue weighted by Gasteiger charge is -2.00.